The van der Waals surface area contributed by atoms with Gasteiger partial charge in [0.1, 0.15) is 49.4 Å². The van der Waals surface area contributed by atoms with Crippen LogP contribution in [0, 0.1) is 0 Å². The molecule has 1 aliphatic rings. The molecule has 352 valence electrons. The third-order valence-corrected chi connectivity index (χ3v) is 12.8. The topological polar surface area (TPSA) is 60.4 Å². The van der Waals surface area contributed by atoms with Crippen molar-refractivity contribution in [2.45, 2.75) is 65.3 Å². The Morgan fingerprint density at radius 3 is 0.957 bits per heavy atom. The molecule has 8 aromatic rings. The summed E-state index contributed by atoms with van der Waals surface area (Å²) in [5.41, 5.74) is 14.5. The number of aliphatic hydroxyl groups excluding tert-OH is 1. The fourth-order valence-electron chi connectivity index (χ4n) is 9.50. The molecule has 6 heteroatoms. The van der Waals surface area contributed by atoms with E-state index < -0.39 is 0 Å². The molecule has 0 saturated heterocycles. The van der Waals surface area contributed by atoms with Gasteiger partial charge in [-0.05, 0) is 90.0 Å². The zero-order chi connectivity index (χ0) is 47.9. The van der Waals surface area contributed by atoms with Crippen LogP contribution in [-0.4, -0.2) is 23.1 Å². The third-order valence-electron chi connectivity index (χ3n) is 12.8. The van der Waals surface area contributed by atoms with E-state index in [1.54, 1.807) is 0 Å². The average Bonchev–Trinajstić information content (AvgIpc) is 3.39. The second kappa shape index (κ2) is 23.6. The fraction of sp³-hybridized carbons (Fsp3) is 0.188. The first-order valence-corrected chi connectivity index (χ1v) is 24.3. The maximum atomic E-state index is 11.0. The van der Waals surface area contributed by atoms with E-state index in [0.717, 1.165) is 101 Å². The summed E-state index contributed by atoms with van der Waals surface area (Å²) in [5, 5.41) is 11.0. The Morgan fingerprint density at radius 1 is 0.357 bits per heavy atom. The highest BCUT2D eigenvalue weighted by molar-refractivity contribution is 5.58. The maximum Gasteiger partial charge on any atom is 0.126 e. The van der Waals surface area contributed by atoms with Crippen LogP contribution in [0.2, 0.25) is 0 Å². The molecule has 0 aliphatic heterocycles. The van der Waals surface area contributed by atoms with Gasteiger partial charge in [-0.3, -0.25) is 4.90 Å². The molecule has 1 aliphatic carbocycles. The van der Waals surface area contributed by atoms with Crippen LogP contribution in [-0.2, 0) is 65.3 Å². The molecule has 9 rings (SSSR count). The lowest BCUT2D eigenvalue weighted by Crippen LogP contribution is -2.23. The van der Waals surface area contributed by atoms with E-state index in [-0.39, 0.29) is 6.61 Å². The first-order chi connectivity index (χ1) is 34.5. The SMILES string of the molecule is C=CCN(CC=C)Cc1cc2c(OCc3ccccc3)c(c1)Cc1cc(CO)cc(c1OCc1ccccc1)Cc1cccc(c1OCc1ccccc1)Cc1cccc(c1OCc1ccccc1)C2. The van der Waals surface area contributed by atoms with Gasteiger partial charge < -0.3 is 24.1 Å². The number of rotatable bonds is 19. The molecule has 0 atom stereocenters. The van der Waals surface area contributed by atoms with Crippen molar-refractivity contribution < 1.29 is 24.1 Å². The Bertz CT molecular complexity index is 2980. The Balaban J connectivity index is 1.27. The van der Waals surface area contributed by atoms with Crippen LogP contribution in [0.5, 0.6) is 23.0 Å². The van der Waals surface area contributed by atoms with Gasteiger partial charge in [-0.25, -0.2) is 0 Å². The quantitative estimate of drug-likeness (QED) is 0.0816. The first-order valence-electron chi connectivity index (χ1n) is 24.3. The number of hydrogen-bond acceptors (Lipinski definition) is 6. The standard InChI is InChI=1S/C64H61NO5/c1-3-31-65(32-4-2)41-51-33-57-38-55-29-17-27-53(61(55)67-43-47-19-9-5-10-20-47)37-54-28-18-30-56(62(54)68-44-48-21-11-6-12-22-48)39-59-35-52(42-66)36-60(64(59)70-46-50-25-15-8-16-26-50)40-58(34-51)63(57)69-45-49-23-13-7-14-24-49/h3-30,33-36,66H,1-2,31-32,37-46H2. The molecule has 0 fully saturated rings. The van der Waals surface area contributed by atoms with Crippen molar-refractivity contribution in [3.05, 3.63) is 285 Å². The monoisotopic (exact) mass is 923 g/mol. The second-order valence-electron chi connectivity index (χ2n) is 18.0. The van der Waals surface area contributed by atoms with Crippen LogP contribution >= 0.6 is 0 Å². The van der Waals surface area contributed by atoms with Gasteiger partial charge in [-0.15, -0.1) is 13.2 Å². The minimum absolute atomic E-state index is 0.127. The van der Waals surface area contributed by atoms with E-state index in [0.29, 0.717) is 71.7 Å². The summed E-state index contributed by atoms with van der Waals surface area (Å²) in [4.78, 5) is 2.33. The Morgan fingerprint density at radius 2 is 0.643 bits per heavy atom. The Kier molecular flexibility index (Phi) is 16.0. The summed E-state index contributed by atoms with van der Waals surface area (Å²) in [7, 11) is 0. The van der Waals surface area contributed by atoms with Crippen LogP contribution in [0.1, 0.15) is 77.9 Å². The van der Waals surface area contributed by atoms with Crippen molar-refractivity contribution in [3.63, 3.8) is 0 Å². The molecule has 8 aromatic carbocycles. The first kappa shape index (κ1) is 47.4. The predicted octanol–water partition coefficient (Wildman–Crippen LogP) is 13.3. The van der Waals surface area contributed by atoms with Crippen LogP contribution in [0.25, 0.3) is 0 Å². The van der Waals surface area contributed by atoms with Crippen molar-refractivity contribution in [3.8, 4) is 23.0 Å². The summed E-state index contributed by atoms with van der Waals surface area (Å²) < 4.78 is 28.2. The molecular formula is C64H61NO5. The zero-order valence-electron chi connectivity index (χ0n) is 39.9. The number of para-hydroxylation sites is 2. The van der Waals surface area contributed by atoms with E-state index in [4.69, 9.17) is 18.9 Å². The van der Waals surface area contributed by atoms with Crippen LogP contribution in [0.3, 0.4) is 0 Å². The smallest absolute Gasteiger partial charge is 0.126 e. The number of aliphatic hydroxyl groups is 1. The molecule has 0 amide bonds. The van der Waals surface area contributed by atoms with Gasteiger partial charge in [0.25, 0.3) is 0 Å². The highest BCUT2D eigenvalue weighted by atomic mass is 16.5. The van der Waals surface area contributed by atoms with Crippen LogP contribution < -0.4 is 18.9 Å². The summed E-state index contributed by atoms with van der Waals surface area (Å²) in [6, 6.07) is 63.1. The number of ether oxygens (including phenoxy) is 4. The van der Waals surface area contributed by atoms with Gasteiger partial charge >= 0.3 is 0 Å². The van der Waals surface area contributed by atoms with E-state index >= 15 is 0 Å². The lowest BCUT2D eigenvalue weighted by molar-refractivity contribution is 0.279. The fourth-order valence-corrected chi connectivity index (χ4v) is 9.50. The second-order valence-corrected chi connectivity index (χ2v) is 18.0. The number of nitrogens with zero attached hydrogens (tertiary/aromatic N) is 1. The average molecular weight is 924 g/mol. The van der Waals surface area contributed by atoms with Crippen molar-refractivity contribution >= 4 is 0 Å². The van der Waals surface area contributed by atoms with Crippen molar-refractivity contribution in [1.82, 2.24) is 4.90 Å². The molecule has 0 saturated carbocycles. The predicted molar refractivity (Wildman–Crippen MR) is 282 cm³/mol. The summed E-state index contributed by atoms with van der Waals surface area (Å²) in [5.74, 6) is 3.30. The lowest BCUT2D eigenvalue weighted by atomic mass is 9.89. The van der Waals surface area contributed by atoms with E-state index in [1.807, 2.05) is 60.7 Å². The molecule has 70 heavy (non-hydrogen) atoms. The third kappa shape index (κ3) is 12.1. The van der Waals surface area contributed by atoms with Gasteiger partial charge in [-0.1, -0.05) is 182 Å². The molecule has 1 N–H and O–H groups in total. The highest BCUT2D eigenvalue weighted by Gasteiger charge is 2.24. The minimum Gasteiger partial charge on any atom is -0.488 e. The molecule has 0 unspecified atom stereocenters. The minimum atomic E-state index is -0.127. The van der Waals surface area contributed by atoms with Gasteiger partial charge in [0.15, 0.2) is 0 Å². The molecule has 0 spiro atoms. The Hall–Kier alpha value is -7.64. The highest BCUT2D eigenvalue weighted by Crippen LogP contribution is 2.41. The molecule has 0 aromatic heterocycles. The van der Waals surface area contributed by atoms with Crippen LogP contribution in [0.4, 0.5) is 0 Å². The van der Waals surface area contributed by atoms with Gasteiger partial charge in [-0.2, -0.15) is 0 Å². The largest absolute Gasteiger partial charge is 0.488 e. The van der Waals surface area contributed by atoms with Crippen molar-refractivity contribution in [2.75, 3.05) is 13.1 Å². The summed E-state index contributed by atoms with van der Waals surface area (Å²) >= 11 is 0. The number of hydrogen-bond donors (Lipinski definition) is 1. The molecular weight excluding hydrogens is 863 g/mol. The summed E-state index contributed by atoms with van der Waals surface area (Å²) in [6.07, 6.45) is 5.98. The molecule has 6 nitrogen and oxygen atoms in total. The number of fused-ring (bicyclic) bond motifs is 8. The zero-order valence-corrected chi connectivity index (χ0v) is 39.9. The molecule has 0 heterocycles. The molecule has 0 radical (unpaired) electrons. The summed E-state index contributed by atoms with van der Waals surface area (Å²) in [6.45, 7) is 11.7. The normalized spacial score (nSPS) is 12.0. The van der Waals surface area contributed by atoms with Gasteiger partial charge in [0, 0.05) is 45.3 Å². The molecule has 8 bridgehead atoms. The van der Waals surface area contributed by atoms with E-state index in [2.05, 4.69) is 152 Å². The van der Waals surface area contributed by atoms with Crippen LogP contribution in [0.15, 0.2) is 207 Å². The Labute approximate surface area is 413 Å². The van der Waals surface area contributed by atoms with Crippen molar-refractivity contribution in [2.24, 2.45) is 0 Å². The number of benzene rings is 8. The maximum absolute atomic E-state index is 11.0. The van der Waals surface area contributed by atoms with Gasteiger partial charge in [0.2, 0.25) is 0 Å². The van der Waals surface area contributed by atoms with E-state index in [9.17, 15) is 5.11 Å². The lowest BCUT2D eigenvalue weighted by Gasteiger charge is -2.25. The van der Waals surface area contributed by atoms with Crippen molar-refractivity contribution in [1.29, 1.82) is 0 Å². The van der Waals surface area contributed by atoms with Gasteiger partial charge in [0.05, 0.1) is 6.61 Å². The van der Waals surface area contributed by atoms with E-state index in [1.165, 1.54) is 0 Å².